The van der Waals surface area contributed by atoms with E-state index in [1.807, 2.05) is 6.07 Å². The molecule has 0 saturated carbocycles. The van der Waals surface area contributed by atoms with Crippen molar-refractivity contribution in [3.63, 3.8) is 0 Å². The smallest absolute Gasteiger partial charge is 0.265 e. The lowest BCUT2D eigenvalue weighted by atomic mass is 10.2. The molecule has 0 fully saturated rings. The Bertz CT molecular complexity index is 1330. The molecule has 1 N–H and O–H groups in total. The van der Waals surface area contributed by atoms with E-state index in [4.69, 9.17) is 26.1 Å². The van der Waals surface area contributed by atoms with Crippen LogP contribution >= 0.6 is 11.6 Å². The number of nitriles is 1. The van der Waals surface area contributed by atoms with Crippen LogP contribution in [0.2, 0.25) is 5.02 Å². The zero-order valence-corrected chi connectivity index (χ0v) is 17.6. The summed E-state index contributed by atoms with van der Waals surface area (Å²) in [5, 5.41) is 12.7. The van der Waals surface area contributed by atoms with Crippen LogP contribution in [0.3, 0.4) is 0 Å². The molecule has 0 saturated heterocycles. The largest absolute Gasteiger partial charge is 0.482 e. The number of rotatable bonds is 5. The first-order chi connectivity index (χ1) is 14.8. The summed E-state index contributed by atoms with van der Waals surface area (Å²) in [6.07, 6.45) is 0. The Morgan fingerprint density at radius 3 is 2.84 bits per heavy atom. The minimum atomic E-state index is -4.10. The van der Waals surface area contributed by atoms with Gasteiger partial charge in [0.2, 0.25) is 5.89 Å². The zero-order valence-electron chi connectivity index (χ0n) is 16.0. The van der Waals surface area contributed by atoms with E-state index in [1.54, 1.807) is 19.1 Å². The maximum absolute atomic E-state index is 12.9. The molecule has 0 bridgehead atoms. The van der Waals surface area contributed by atoms with Crippen LogP contribution in [0.5, 0.6) is 5.75 Å². The summed E-state index contributed by atoms with van der Waals surface area (Å²) < 4.78 is 38.6. The molecule has 3 aromatic rings. The number of nitrogens with one attached hydrogen (secondary N) is 1. The molecule has 1 aliphatic rings. The lowest BCUT2D eigenvalue weighted by Crippen LogP contribution is -2.38. The monoisotopic (exact) mass is 459 g/mol. The topological polar surface area (TPSA) is 138 Å². The highest BCUT2D eigenvalue weighted by Gasteiger charge is 2.30. The molecule has 10 nitrogen and oxygen atoms in total. The highest BCUT2D eigenvalue weighted by molar-refractivity contribution is 7.92. The van der Waals surface area contributed by atoms with Gasteiger partial charge in [-0.05, 0) is 24.3 Å². The number of aromatic nitrogens is 2. The minimum Gasteiger partial charge on any atom is -0.482 e. The summed E-state index contributed by atoms with van der Waals surface area (Å²) in [5.41, 5.74) is 0.790. The molecule has 31 heavy (non-hydrogen) atoms. The van der Waals surface area contributed by atoms with Gasteiger partial charge in [-0.3, -0.25) is 14.4 Å². The molecule has 2 aromatic carbocycles. The fourth-order valence-electron chi connectivity index (χ4n) is 2.99. The summed E-state index contributed by atoms with van der Waals surface area (Å²) in [7, 11) is -4.10. The minimum absolute atomic E-state index is 0.00810. The van der Waals surface area contributed by atoms with Gasteiger partial charge in [0, 0.05) is 13.0 Å². The van der Waals surface area contributed by atoms with E-state index in [1.165, 1.54) is 29.2 Å². The predicted octanol–water partition coefficient (Wildman–Crippen LogP) is 2.63. The molecule has 4 rings (SSSR count). The quantitative estimate of drug-likeness (QED) is 0.614. The number of carbonyl (C=O) groups excluding carboxylic acids is 1. The molecule has 1 aromatic heterocycles. The molecule has 158 valence electrons. The Labute approximate surface area is 182 Å². The molecule has 0 unspecified atom stereocenters. The number of sulfonamides is 1. The molecule has 1 amide bonds. The lowest BCUT2D eigenvalue weighted by Gasteiger charge is -2.29. The van der Waals surface area contributed by atoms with E-state index in [9.17, 15) is 13.2 Å². The van der Waals surface area contributed by atoms with Gasteiger partial charge in [0.25, 0.3) is 15.9 Å². The van der Waals surface area contributed by atoms with E-state index < -0.39 is 10.0 Å². The fourth-order valence-corrected chi connectivity index (χ4v) is 4.58. The van der Waals surface area contributed by atoms with Gasteiger partial charge in [0.05, 0.1) is 34.6 Å². The maximum Gasteiger partial charge on any atom is 0.265 e. The Balaban J connectivity index is 1.68. The molecule has 12 heteroatoms. The molecule has 1 aliphatic heterocycles. The van der Waals surface area contributed by atoms with Crippen molar-refractivity contribution in [2.75, 3.05) is 16.2 Å². The highest BCUT2D eigenvalue weighted by atomic mass is 35.5. The summed E-state index contributed by atoms with van der Waals surface area (Å²) in [4.78, 5) is 17.6. The van der Waals surface area contributed by atoms with Crippen LogP contribution < -0.4 is 14.4 Å². The number of hydrogen-bond donors (Lipinski definition) is 1. The van der Waals surface area contributed by atoms with Crippen LogP contribution in [0.15, 0.2) is 45.8 Å². The van der Waals surface area contributed by atoms with Gasteiger partial charge >= 0.3 is 0 Å². The molecule has 0 radical (unpaired) electrons. The van der Waals surface area contributed by atoms with Crippen LogP contribution in [0.4, 0.5) is 11.4 Å². The zero-order chi connectivity index (χ0) is 22.2. The molecule has 0 atom stereocenters. The highest BCUT2D eigenvalue weighted by Crippen LogP contribution is 2.39. The number of amides is 1. The van der Waals surface area contributed by atoms with Crippen molar-refractivity contribution in [3.8, 4) is 11.8 Å². The first-order valence-corrected chi connectivity index (χ1v) is 10.7. The SMILES string of the molecule is Cc1nc(CN2C(=O)COc3cc(S(=O)(=O)Nc4cccc(C#N)c4)c(Cl)cc32)no1. The van der Waals surface area contributed by atoms with Crippen LogP contribution in [-0.2, 0) is 21.4 Å². The van der Waals surface area contributed by atoms with Crippen molar-refractivity contribution in [1.82, 2.24) is 10.1 Å². The number of fused-ring (bicyclic) bond motifs is 1. The van der Waals surface area contributed by atoms with Gasteiger partial charge in [-0.1, -0.05) is 22.8 Å². The number of hydrogen-bond acceptors (Lipinski definition) is 8. The molecule has 0 aliphatic carbocycles. The summed E-state index contributed by atoms with van der Waals surface area (Å²) >= 11 is 6.28. The predicted molar refractivity (Wildman–Crippen MR) is 109 cm³/mol. The van der Waals surface area contributed by atoms with Crippen LogP contribution in [0.25, 0.3) is 0 Å². The summed E-state index contributed by atoms with van der Waals surface area (Å²) in [5.74, 6) is 0.427. The Morgan fingerprint density at radius 2 is 2.13 bits per heavy atom. The van der Waals surface area contributed by atoms with E-state index in [0.717, 1.165) is 0 Å². The number of benzene rings is 2. The number of anilines is 2. The second-order valence-corrected chi connectivity index (χ2v) is 8.60. The first-order valence-electron chi connectivity index (χ1n) is 8.86. The number of halogens is 1. The first kappa shape index (κ1) is 20.6. The van der Waals surface area contributed by atoms with Crippen LogP contribution in [-0.4, -0.2) is 31.1 Å². The second-order valence-electron chi connectivity index (χ2n) is 6.55. The number of aryl methyl sites for hydroxylation is 1. The van der Waals surface area contributed by atoms with Crippen LogP contribution in [0, 0.1) is 18.3 Å². The van der Waals surface area contributed by atoms with Crippen molar-refractivity contribution >= 4 is 38.9 Å². The normalized spacial score (nSPS) is 13.3. The summed E-state index contributed by atoms with van der Waals surface area (Å²) in [6.45, 7) is 1.34. The Kier molecular flexibility index (Phi) is 5.26. The van der Waals surface area contributed by atoms with Gasteiger partial charge in [-0.25, -0.2) is 8.42 Å². The third kappa shape index (κ3) is 4.16. The van der Waals surface area contributed by atoms with Crippen LogP contribution in [0.1, 0.15) is 17.3 Å². The molecule has 2 heterocycles. The lowest BCUT2D eigenvalue weighted by molar-refractivity contribution is -0.121. The summed E-state index contributed by atoms with van der Waals surface area (Å²) in [6, 6.07) is 10.5. The average Bonchev–Trinajstić information content (AvgIpc) is 3.14. The standard InChI is InChI=1S/C19H14ClN5O5S/c1-11-22-18(23-30-11)9-25-15-6-14(20)17(7-16(15)29-10-19(25)26)31(27,28)24-13-4-2-3-12(5-13)8-21/h2-7,24H,9-10H2,1H3. The number of ether oxygens (including phenoxy) is 1. The molecular weight excluding hydrogens is 446 g/mol. The third-order valence-corrected chi connectivity index (χ3v) is 6.21. The third-order valence-electron chi connectivity index (χ3n) is 4.36. The second kappa shape index (κ2) is 7.90. The van der Waals surface area contributed by atoms with E-state index in [2.05, 4.69) is 14.9 Å². The van der Waals surface area contributed by atoms with Crippen molar-refractivity contribution < 1.29 is 22.5 Å². The van der Waals surface area contributed by atoms with E-state index >= 15 is 0 Å². The van der Waals surface area contributed by atoms with Gasteiger partial charge in [-0.15, -0.1) is 0 Å². The Hall–Kier alpha value is -3.62. The van der Waals surface area contributed by atoms with Gasteiger partial charge < -0.3 is 9.26 Å². The average molecular weight is 460 g/mol. The molecule has 0 spiro atoms. The van der Waals surface area contributed by atoms with E-state index in [-0.39, 0.29) is 51.9 Å². The van der Waals surface area contributed by atoms with E-state index in [0.29, 0.717) is 11.5 Å². The van der Waals surface area contributed by atoms with Gasteiger partial charge in [0.15, 0.2) is 12.4 Å². The Morgan fingerprint density at radius 1 is 1.32 bits per heavy atom. The van der Waals surface area contributed by atoms with Gasteiger partial charge in [0.1, 0.15) is 10.6 Å². The van der Waals surface area contributed by atoms with Crippen molar-refractivity contribution in [2.45, 2.75) is 18.4 Å². The maximum atomic E-state index is 12.9. The number of nitrogens with zero attached hydrogens (tertiary/aromatic N) is 4. The fraction of sp³-hybridized carbons (Fsp3) is 0.158. The van der Waals surface area contributed by atoms with Crippen molar-refractivity contribution in [3.05, 3.63) is 58.7 Å². The van der Waals surface area contributed by atoms with Gasteiger partial charge in [-0.2, -0.15) is 10.2 Å². The molecular formula is C19H14ClN5O5S. The van der Waals surface area contributed by atoms with Crippen molar-refractivity contribution in [1.29, 1.82) is 5.26 Å². The van der Waals surface area contributed by atoms with Crippen molar-refractivity contribution in [2.24, 2.45) is 0 Å². The number of carbonyl (C=O) groups is 1.